The quantitative estimate of drug-likeness (QED) is 0.695. The maximum atomic E-state index is 3.72. The minimum atomic E-state index is 0.144. The molecule has 1 N–H and O–H groups in total. The lowest BCUT2D eigenvalue weighted by molar-refractivity contribution is 0.548. The molecule has 2 aromatic rings. The van der Waals surface area contributed by atoms with Gasteiger partial charge in [0.25, 0.3) is 0 Å². The van der Waals surface area contributed by atoms with E-state index in [0.29, 0.717) is 0 Å². The molecule has 0 amide bonds. The van der Waals surface area contributed by atoms with Gasteiger partial charge in [0.05, 0.1) is 6.04 Å². The molecule has 0 radical (unpaired) electrons. The van der Waals surface area contributed by atoms with Gasteiger partial charge in [-0.05, 0) is 56.4 Å². The Morgan fingerprint density at radius 3 is 2.43 bits per heavy atom. The molecule has 0 aliphatic heterocycles. The van der Waals surface area contributed by atoms with E-state index in [9.17, 15) is 0 Å². The average molecular weight is 366 g/mol. The summed E-state index contributed by atoms with van der Waals surface area (Å²) in [6, 6.07) is 9.06. The van der Waals surface area contributed by atoms with E-state index in [2.05, 4.69) is 84.0 Å². The molecule has 0 aliphatic rings. The molecule has 1 unspecified atom stereocenters. The first-order valence-electron chi connectivity index (χ1n) is 7.49. The van der Waals surface area contributed by atoms with Crippen LogP contribution >= 0.6 is 27.3 Å². The van der Waals surface area contributed by atoms with Gasteiger partial charge in [0.2, 0.25) is 0 Å². The van der Waals surface area contributed by atoms with Crippen molar-refractivity contribution in [2.75, 3.05) is 6.54 Å². The van der Waals surface area contributed by atoms with Crippen LogP contribution in [-0.4, -0.2) is 6.54 Å². The second-order valence-electron chi connectivity index (χ2n) is 6.40. The van der Waals surface area contributed by atoms with Crippen molar-refractivity contribution in [3.05, 3.63) is 56.2 Å². The van der Waals surface area contributed by atoms with E-state index < -0.39 is 0 Å². The monoisotopic (exact) mass is 365 g/mol. The number of hydrogen-bond acceptors (Lipinski definition) is 2. The van der Waals surface area contributed by atoms with Crippen molar-refractivity contribution in [2.24, 2.45) is 0 Å². The molecule has 21 heavy (non-hydrogen) atoms. The van der Waals surface area contributed by atoms with Crippen LogP contribution in [0.15, 0.2) is 39.5 Å². The van der Waals surface area contributed by atoms with Crippen molar-refractivity contribution in [3.63, 3.8) is 0 Å². The first kappa shape index (κ1) is 16.7. The van der Waals surface area contributed by atoms with Crippen molar-refractivity contribution in [3.8, 4) is 0 Å². The molecular weight excluding hydrogens is 342 g/mol. The van der Waals surface area contributed by atoms with E-state index in [1.54, 1.807) is 11.3 Å². The maximum Gasteiger partial charge on any atom is 0.0599 e. The van der Waals surface area contributed by atoms with Crippen LogP contribution < -0.4 is 5.32 Å². The summed E-state index contributed by atoms with van der Waals surface area (Å²) >= 11 is 5.45. The van der Waals surface area contributed by atoms with E-state index in [-0.39, 0.29) is 11.5 Å². The zero-order chi connectivity index (χ0) is 15.5. The molecule has 0 spiro atoms. The minimum Gasteiger partial charge on any atom is -0.306 e. The zero-order valence-corrected chi connectivity index (χ0v) is 15.6. The highest BCUT2D eigenvalue weighted by Crippen LogP contribution is 2.36. The Morgan fingerprint density at radius 2 is 1.86 bits per heavy atom. The van der Waals surface area contributed by atoms with Crippen molar-refractivity contribution in [2.45, 2.75) is 45.6 Å². The molecule has 114 valence electrons. The summed E-state index contributed by atoms with van der Waals surface area (Å²) in [7, 11) is 0. The van der Waals surface area contributed by atoms with Gasteiger partial charge in [-0.3, -0.25) is 0 Å². The van der Waals surface area contributed by atoms with Gasteiger partial charge in [-0.1, -0.05) is 52.0 Å². The van der Waals surface area contributed by atoms with Crippen molar-refractivity contribution in [1.82, 2.24) is 5.32 Å². The second kappa shape index (κ2) is 7.08. The van der Waals surface area contributed by atoms with E-state index in [0.717, 1.165) is 13.0 Å². The normalized spacial score (nSPS) is 13.4. The first-order valence-corrected chi connectivity index (χ1v) is 9.23. The number of rotatable bonds is 5. The topological polar surface area (TPSA) is 12.0 Å². The predicted octanol–water partition coefficient (Wildman–Crippen LogP) is 5.90. The fourth-order valence-corrected chi connectivity index (χ4v) is 4.16. The molecule has 0 fully saturated rings. The SMILES string of the molecule is CCCNC(c1cscc1Br)c1ccccc1C(C)(C)C. The molecule has 1 nitrogen and oxygen atoms in total. The lowest BCUT2D eigenvalue weighted by atomic mass is 9.81. The molecule has 0 aliphatic carbocycles. The molecule has 0 saturated carbocycles. The number of benzene rings is 1. The van der Waals surface area contributed by atoms with Crippen molar-refractivity contribution < 1.29 is 0 Å². The molecule has 1 heterocycles. The highest BCUT2D eigenvalue weighted by Gasteiger charge is 2.24. The standard InChI is InChI=1S/C18H24BrNS/c1-5-10-20-17(14-11-21-12-16(14)19)13-8-6-7-9-15(13)18(2,3)4/h6-9,11-12,17,20H,5,10H2,1-4H3. The van der Waals surface area contributed by atoms with Gasteiger partial charge < -0.3 is 5.32 Å². The number of nitrogens with one attached hydrogen (secondary N) is 1. The smallest absolute Gasteiger partial charge is 0.0599 e. The first-order chi connectivity index (χ1) is 9.95. The third-order valence-corrected chi connectivity index (χ3v) is 5.38. The van der Waals surface area contributed by atoms with E-state index in [4.69, 9.17) is 0 Å². The molecule has 3 heteroatoms. The Kier molecular flexibility index (Phi) is 5.64. The molecule has 2 rings (SSSR count). The fourth-order valence-electron chi connectivity index (χ4n) is 2.61. The molecular formula is C18H24BrNS. The molecule has 1 aromatic carbocycles. The Labute approximate surface area is 140 Å². The van der Waals surface area contributed by atoms with Crippen LogP contribution in [-0.2, 0) is 5.41 Å². The van der Waals surface area contributed by atoms with Crippen LogP contribution in [0, 0.1) is 0 Å². The third-order valence-electron chi connectivity index (χ3n) is 3.63. The van der Waals surface area contributed by atoms with Gasteiger partial charge in [0.15, 0.2) is 0 Å². The van der Waals surface area contributed by atoms with E-state index in [1.807, 2.05) is 0 Å². The van der Waals surface area contributed by atoms with Crippen LogP contribution in [0.1, 0.15) is 56.8 Å². The van der Waals surface area contributed by atoms with Crippen LogP contribution in [0.25, 0.3) is 0 Å². The minimum absolute atomic E-state index is 0.144. The Bertz CT molecular complexity index is 583. The summed E-state index contributed by atoms with van der Waals surface area (Å²) < 4.78 is 1.20. The van der Waals surface area contributed by atoms with Gasteiger partial charge in [-0.15, -0.1) is 0 Å². The highest BCUT2D eigenvalue weighted by molar-refractivity contribution is 9.10. The number of hydrogen-bond donors (Lipinski definition) is 1. The van der Waals surface area contributed by atoms with Crippen LogP contribution in [0.3, 0.4) is 0 Å². The van der Waals surface area contributed by atoms with E-state index in [1.165, 1.54) is 21.2 Å². The number of thiophene rings is 1. The molecule has 1 aromatic heterocycles. The third kappa shape index (κ3) is 3.97. The summed E-state index contributed by atoms with van der Waals surface area (Å²) in [4.78, 5) is 0. The van der Waals surface area contributed by atoms with Gasteiger partial charge >= 0.3 is 0 Å². The summed E-state index contributed by atoms with van der Waals surface area (Å²) in [6.07, 6.45) is 1.13. The molecule has 1 atom stereocenters. The Balaban J connectivity index is 2.50. The summed E-state index contributed by atoms with van der Waals surface area (Å²) in [5.41, 5.74) is 4.28. The Hall–Kier alpha value is -0.640. The largest absolute Gasteiger partial charge is 0.306 e. The van der Waals surface area contributed by atoms with E-state index >= 15 is 0 Å². The summed E-state index contributed by atoms with van der Waals surface area (Å²) in [5, 5.41) is 8.13. The Morgan fingerprint density at radius 1 is 1.14 bits per heavy atom. The van der Waals surface area contributed by atoms with Gasteiger partial charge in [0.1, 0.15) is 0 Å². The average Bonchev–Trinajstić information content (AvgIpc) is 2.85. The number of halogens is 1. The highest BCUT2D eigenvalue weighted by atomic mass is 79.9. The lowest BCUT2D eigenvalue weighted by Gasteiger charge is -2.28. The van der Waals surface area contributed by atoms with Crippen molar-refractivity contribution in [1.29, 1.82) is 0 Å². The fraction of sp³-hybridized carbons (Fsp3) is 0.444. The van der Waals surface area contributed by atoms with Crippen LogP contribution in [0.5, 0.6) is 0 Å². The van der Waals surface area contributed by atoms with Gasteiger partial charge in [-0.2, -0.15) is 11.3 Å². The van der Waals surface area contributed by atoms with Crippen LogP contribution in [0.2, 0.25) is 0 Å². The van der Waals surface area contributed by atoms with Gasteiger partial charge in [0, 0.05) is 9.85 Å². The second-order valence-corrected chi connectivity index (χ2v) is 8.00. The lowest BCUT2D eigenvalue weighted by Crippen LogP contribution is -2.26. The molecule has 0 saturated heterocycles. The van der Waals surface area contributed by atoms with Crippen LogP contribution in [0.4, 0.5) is 0 Å². The zero-order valence-electron chi connectivity index (χ0n) is 13.2. The molecule has 0 bridgehead atoms. The summed E-state index contributed by atoms with van der Waals surface area (Å²) in [6.45, 7) is 10.1. The van der Waals surface area contributed by atoms with Crippen molar-refractivity contribution >= 4 is 27.3 Å². The summed E-state index contributed by atoms with van der Waals surface area (Å²) in [5.74, 6) is 0. The predicted molar refractivity (Wildman–Crippen MR) is 97.3 cm³/mol. The maximum absolute atomic E-state index is 3.72. The van der Waals surface area contributed by atoms with Gasteiger partial charge in [-0.25, -0.2) is 0 Å².